The molecule has 1 aliphatic carbocycles. The van der Waals surface area contributed by atoms with Gasteiger partial charge in [0.1, 0.15) is 16.4 Å². The maximum atomic E-state index is 6.05. The number of thiophene rings is 1. The molecule has 3 aromatic rings. The predicted octanol–water partition coefficient (Wildman–Crippen LogP) is 4.67. The minimum absolute atomic E-state index is 0.711. The highest BCUT2D eigenvalue weighted by molar-refractivity contribution is 7.18. The fraction of sp³-hybridized carbons (Fsp3) is 0.294. The van der Waals surface area contributed by atoms with Crippen molar-refractivity contribution in [3.05, 3.63) is 46.6 Å². The van der Waals surface area contributed by atoms with Gasteiger partial charge in [-0.15, -0.1) is 11.3 Å². The van der Waals surface area contributed by atoms with Crippen molar-refractivity contribution in [1.29, 1.82) is 0 Å². The topological polar surface area (TPSA) is 35.0 Å². The lowest BCUT2D eigenvalue weighted by atomic mass is 9.97. The highest BCUT2D eigenvalue weighted by Gasteiger charge is 2.21. The molecule has 0 spiro atoms. The Morgan fingerprint density at radius 1 is 1.05 bits per heavy atom. The number of nitrogens with zero attached hydrogens (tertiary/aromatic N) is 2. The quantitative estimate of drug-likeness (QED) is 0.689. The number of fused-ring (bicyclic) bond motifs is 3. The van der Waals surface area contributed by atoms with Crippen molar-refractivity contribution in [2.75, 3.05) is 0 Å². The fourth-order valence-electron chi connectivity index (χ4n) is 2.90. The van der Waals surface area contributed by atoms with Gasteiger partial charge in [-0.25, -0.2) is 4.98 Å². The average Bonchev–Trinajstić information content (AvgIpc) is 2.86. The number of rotatable bonds is 2. The van der Waals surface area contributed by atoms with Gasteiger partial charge in [0.05, 0.1) is 5.39 Å². The Morgan fingerprint density at radius 2 is 1.86 bits per heavy atom. The Morgan fingerprint density at radius 3 is 2.71 bits per heavy atom. The summed E-state index contributed by atoms with van der Waals surface area (Å²) >= 11 is 1.81. The van der Waals surface area contributed by atoms with Crippen LogP contribution >= 0.6 is 11.3 Å². The lowest BCUT2D eigenvalue weighted by Crippen LogP contribution is -2.00. The summed E-state index contributed by atoms with van der Waals surface area (Å²) < 4.78 is 6.05. The monoisotopic (exact) mass is 296 g/mol. The van der Waals surface area contributed by atoms with Crippen molar-refractivity contribution in [2.24, 2.45) is 0 Å². The summed E-state index contributed by atoms with van der Waals surface area (Å²) in [5, 5.41) is 1.13. The van der Waals surface area contributed by atoms with E-state index in [1.807, 2.05) is 48.6 Å². The normalized spacial score (nSPS) is 14.1. The molecule has 0 N–H and O–H groups in total. The van der Waals surface area contributed by atoms with E-state index in [0.717, 1.165) is 28.2 Å². The molecule has 2 heterocycles. The zero-order valence-corrected chi connectivity index (χ0v) is 12.7. The van der Waals surface area contributed by atoms with Gasteiger partial charge < -0.3 is 4.74 Å². The van der Waals surface area contributed by atoms with Crippen molar-refractivity contribution in [1.82, 2.24) is 9.97 Å². The Bertz CT molecular complexity index is 795. The highest BCUT2D eigenvalue weighted by Crippen LogP contribution is 2.40. The summed E-state index contributed by atoms with van der Waals surface area (Å²) in [6.07, 6.45) is 4.81. The number of aryl methyl sites for hydroxylation is 3. The third-order valence-corrected chi connectivity index (χ3v) is 5.04. The van der Waals surface area contributed by atoms with E-state index in [1.54, 1.807) is 0 Å². The van der Waals surface area contributed by atoms with Crippen molar-refractivity contribution in [3.63, 3.8) is 0 Å². The second-order valence-electron chi connectivity index (χ2n) is 5.38. The molecule has 0 saturated carbocycles. The van der Waals surface area contributed by atoms with E-state index in [0.29, 0.717) is 5.88 Å². The van der Waals surface area contributed by atoms with Gasteiger partial charge in [-0.3, -0.25) is 0 Å². The molecular weight excluding hydrogens is 280 g/mol. The Labute approximate surface area is 127 Å². The highest BCUT2D eigenvalue weighted by atomic mass is 32.1. The van der Waals surface area contributed by atoms with Crippen molar-refractivity contribution >= 4 is 21.6 Å². The van der Waals surface area contributed by atoms with Crippen LogP contribution in [0.1, 0.15) is 29.1 Å². The lowest BCUT2D eigenvalue weighted by Gasteiger charge is -2.12. The summed E-state index contributed by atoms with van der Waals surface area (Å²) in [7, 11) is 0. The third kappa shape index (κ3) is 2.29. The maximum Gasteiger partial charge on any atom is 0.231 e. The predicted molar refractivity (Wildman–Crippen MR) is 85.3 cm³/mol. The molecule has 0 radical (unpaired) electrons. The third-order valence-electron chi connectivity index (χ3n) is 3.85. The molecule has 106 valence electrons. The molecule has 0 bridgehead atoms. The second kappa shape index (κ2) is 5.11. The van der Waals surface area contributed by atoms with E-state index in [1.165, 1.54) is 29.7 Å². The van der Waals surface area contributed by atoms with Crippen LogP contribution in [0, 0.1) is 6.92 Å². The maximum absolute atomic E-state index is 6.05. The summed E-state index contributed by atoms with van der Waals surface area (Å²) in [4.78, 5) is 11.7. The van der Waals surface area contributed by atoms with Crippen molar-refractivity contribution in [3.8, 4) is 11.6 Å². The minimum Gasteiger partial charge on any atom is -0.438 e. The summed E-state index contributed by atoms with van der Waals surface area (Å²) in [5.74, 6) is 2.31. The fourth-order valence-corrected chi connectivity index (χ4v) is 4.20. The van der Waals surface area contributed by atoms with E-state index in [2.05, 4.69) is 9.97 Å². The van der Waals surface area contributed by atoms with E-state index in [-0.39, 0.29) is 0 Å². The molecule has 21 heavy (non-hydrogen) atoms. The van der Waals surface area contributed by atoms with Crippen LogP contribution in [0.5, 0.6) is 11.6 Å². The first-order chi connectivity index (χ1) is 10.3. The molecule has 0 unspecified atom stereocenters. The number of hydrogen-bond donors (Lipinski definition) is 0. The van der Waals surface area contributed by atoms with Gasteiger partial charge in [-0.2, -0.15) is 4.98 Å². The lowest BCUT2D eigenvalue weighted by molar-refractivity contribution is 0.466. The molecule has 4 rings (SSSR count). The number of benzene rings is 1. The van der Waals surface area contributed by atoms with Gasteiger partial charge >= 0.3 is 0 Å². The molecule has 0 saturated heterocycles. The Hall–Kier alpha value is -1.94. The molecule has 0 fully saturated rings. The molecule has 1 aliphatic rings. The largest absolute Gasteiger partial charge is 0.438 e. The standard InChI is InChI=1S/C17H16N2OS/c1-11-18-16(20-12-7-3-2-4-8-12)15-13-9-5-6-10-14(13)21-17(15)19-11/h2-4,7-8H,5-6,9-10H2,1H3. The van der Waals surface area contributed by atoms with E-state index in [4.69, 9.17) is 4.74 Å². The van der Waals surface area contributed by atoms with Crippen LogP contribution in [0.15, 0.2) is 30.3 Å². The molecular formula is C17H16N2OS. The van der Waals surface area contributed by atoms with Gasteiger partial charge in [0, 0.05) is 4.88 Å². The molecule has 4 heteroatoms. The van der Waals surface area contributed by atoms with Gasteiger partial charge in [0.15, 0.2) is 0 Å². The second-order valence-corrected chi connectivity index (χ2v) is 6.47. The van der Waals surface area contributed by atoms with Gasteiger partial charge in [-0.1, -0.05) is 18.2 Å². The minimum atomic E-state index is 0.711. The Balaban J connectivity index is 1.89. The van der Waals surface area contributed by atoms with E-state index < -0.39 is 0 Å². The molecule has 2 aromatic heterocycles. The molecule has 0 aliphatic heterocycles. The van der Waals surface area contributed by atoms with Crippen LogP contribution in [0.4, 0.5) is 0 Å². The van der Waals surface area contributed by atoms with Crippen molar-refractivity contribution < 1.29 is 4.74 Å². The molecule has 3 nitrogen and oxygen atoms in total. The number of hydrogen-bond acceptors (Lipinski definition) is 4. The zero-order chi connectivity index (χ0) is 14.2. The first kappa shape index (κ1) is 12.8. The SMILES string of the molecule is Cc1nc(Oc2ccccc2)c2c3c(sc2n1)CCCC3. The van der Waals surface area contributed by atoms with Gasteiger partial charge in [0.25, 0.3) is 0 Å². The summed E-state index contributed by atoms with van der Waals surface area (Å²) in [5.41, 5.74) is 1.41. The number of aromatic nitrogens is 2. The number of ether oxygens (including phenoxy) is 1. The van der Waals surface area contributed by atoms with Crippen LogP contribution < -0.4 is 4.74 Å². The van der Waals surface area contributed by atoms with Gasteiger partial charge in [0.2, 0.25) is 5.88 Å². The van der Waals surface area contributed by atoms with Crippen LogP contribution in [-0.2, 0) is 12.8 Å². The van der Waals surface area contributed by atoms with Crippen molar-refractivity contribution in [2.45, 2.75) is 32.6 Å². The summed E-state index contributed by atoms with van der Waals surface area (Å²) in [6, 6.07) is 9.86. The zero-order valence-electron chi connectivity index (χ0n) is 11.9. The average molecular weight is 296 g/mol. The smallest absolute Gasteiger partial charge is 0.231 e. The van der Waals surface area contributed by atoms with Crippen LogP contribution in [0.3, 0.4) is 0 Å². The first-order valence-electron chi connectivity index (χ1n) is 7.33. The van der Waals surface area contributed by atoms with Gasteiger partial charge in [-0.05, 0) is 50.3 Å². The van der Waals surface area contributed by atoms with Crippen LogP contribution in [0.25, 0.3) is 10.2 Å². The number of para-hydroxylation sites is 1. The molecule has 0 amide bonds. The summed E-state index contributed by atoms with van der Waals surface area (Å²) in [6.45, 7) is 1.93. The van der Waals surface area contributed by atoms with Crippen LogP contribution in [-0.4, -0.2) is 9.97 Å². The van der Waals surface area contributed by atoms with E-state index >= 15 is 0 Å². The molecule has 0 atom stereocenters. The van der Waals surface area contributed by atoms with E-state index in [9.17, 15) is 0 Å². The first-order valence-corrected chi connectivity index (χ1v) is 8.15. The molecule has 1 aromatic carbocycles. The Kier molecular flexibility index (Phi) is 3.11. The van der Waals surface area contributed by atoms with Crippen LogP contribution in [0.2, 0.25) is 0 Å².